The molecule has 3 aliphatic rings. The van der Waals surface area contributed by atoms with Crippen LogP contribution < -0.4 is 10.2 Å². The van der Waals surface area contributed by atoms with Crippen LogP contribution in [0.25, 0.3) is 0 Å². The molecule has 4 rings (SSSR count). The first-order valence-corrected chi connectivity index (χ1v) is 13.5. The Morgan fingerprint density at radius 2 is 1.85 bits per heavy atom. The fourth-order valence-electron chi connectivity index (χ4n) is 5.04. The molecular formula is C24H35N3O5S. The number of piperidine rings is 1. The lowest BCUT2D eigenvalue weighted by Gasteiger charge is -2.32. The van der Waals surface area contributed by atoms with Crippen LogP contribution in [0.4, 0.5) is 5.69 Å². The number of hydrogen-bond acceptors (Lipinski definition) is 5. The van der Waals surface area contributed by atoms with Crippen LogP contribution in [0.1, 0.15) is 51.0 Å². The molecule has 0 unspecified atom stereocenters. The highest BCUT2D eigenvalue weighted by molar-refractivity contribution is 7.89. The van der Waals surface area contributed by atoms with Gasteiger partial charge in [0.25, 0.3) is 0 Å². The Morgan fingerprint density at radius 1 is 1.12 bits per heavy atom. The molecule has 1 saturated carbocycles. The summed E-state index contributed by atoms with van der Waals surface area (Å²) in [4.78, 5) is 27.4. The van der Waals surface area contributed by atoms with E-state index in [1.807, 2.05) is 11.8 Å². The first-order chi connectivity index (χ1) is 15.8. The normalized spacial score (nSPS) is 22.1. The maximum atomic E-state index is 13.3. The number of benzene rings is 1. The quantitative estimate of drug-likeness (QED) is 0.580. The van der Waals surface area contributed by atoms with Gasteiger partial charge in [-0.3, -0.25) is 9.59 Å². The van der Waals surface area contributed by atoms with Crippen molar-refractivity contribution in [2.45, 2.75) is 62.8 Å². The minimum absolute atomic E-state index is 0.00843. The molecule has 1 saturated heterocycles. The van der Waals surface area contributed by atoms with Crippen molar-refractivity contribution < 1.29 is 22.7 Å². The minimum atomic E-state index is -3.64. The van der Waals surface area contributed by atoms with Gasteiger partial charge in [-0.25, -0.2) is 8.42 Å². The summed E-state index contributed by atoms with van der Waals surface area (Å²) in [5.74, 6) is 0.114. The van der Waals surface area contributed by atoms with Gasteiger partial charge in [0.1, 0.15) is 0 Å². The van der Waals surface area contributed by atoms with E-state index < -0.39 is 10.0 Å². The van der Waals surface area contributed by atoms with Crippen LogP contribution in [0.5, 0.6) is 0 Å². The highest BCUT2D eigenvalue weighted by Crippen LogP contribution is 2.38. The number of carbonyl (C=O) groups excluding carboxylic acids is 2. The van der Waals surface area contributed by atoms with Gasteiger partial charge in [-0.15, -0.1) is 0 Å². The molecule has 1 aliphatic carbocycles. The number of rotatable bonds is 8. The van der Waals surface area contributed by atoms with Gasteiger partial charge in [0.15, 0.2) is 0 Å². The predicted octanol–water partition coefficient (Wildman–Crippen LogP) is 2.32. The highest BCUT2D eigenvalue weighted by atomic mass is 32.2. The molecular weight excluding hydrogens is 442 g/mol. The standard InChI is InChI=1S/C24H35N3O5S/c1-17-15-20-16-21(7-8-22(20)27(17)24(29)19-5-3-6-19)33(30,31)26-12-9-18(10-13-26)23(28)25-11-4-14-32-2/h7-8,16-19H,3-6,9-15H2,1-2H3,(H,25,28)/t17-/m1/s1. The van der Waals surface area contributed by atoms with Gasteiger partial charge in [0, 0.05) is 56.9 Å². The van der Waals surface area contributed by atoms with Crippen LogP contribution in [-0.4, -0.2) is 63.9 Å². The Kier molecular flexibility index (Phi) is 7.40. The summed E-state index contributed by atoms with van der Waals surface area (Å²) >= 11 is 0. The number of sulfonamides is 1. The van der Waals surface area contributed by atoms with Crippen LogP contribution in [0, 0.1) is 11.8 Å². The summed E-state index contributed by atoms with van der Waals surface area (Å²) < 4.78 is 33.1. The van der Waals surface area contributed by atoms with Crippen molar-refractivity contribution >= 4 is 27.5 Å². The zero-order valence-electron chi connectivity index (χ0n) is 19.6. The second-order valence-electron chi connectivity index (χ2n) is 9.50. The first-order valence-electron chi connectivity index (χ1n) is 12.1. The van der Waals surface area contributed by atoms with E-state index in [1.165, 1.54) is 4.31 Å². The molecule has 0 spiro atoms. The van der Waals surface area contributed by atoms with E-state index in [9.17, 15) is 18.0 Å². The van der Waals surface area contributed by atoms with E-state index in [-0.39, 0.29) is 34.6 Å². The molecule has 2 aliphatic heterocycles. The van der Waals surface area contributed by atoms with Crippen molar-refractivity contribution in [2.24, 2.45) is 11.8 Å². The Hall–Kier alpha value is -1.97. The number of hydrogen-bond donors (Lipinski definition) is 1. The largest absolute Gasteiger partial charge is 0.385 e. The van der Waals surface area contributed by atoms with Crippen molar-refractivity contribution in [1.82, 2.24) is 9.62 Å². The number of carbonyl (C=O) groups is 2. The van der Waals surface area contributed by atoms with Gasteiger partial charge in [-0.05, 0) is 69.2 Å². The Morgan fingerprint density at radius 3 is 2.48 bits per heavy atom. The Balaban J connectivity index is 1.39. The molecule has 33 heavy (non-hydrogen) atoms. The molecule has 2 amide bonds. The lowest BCUT2D eigenvalue weighted by molar-refractivity contribution is -0.126. The molecule has 0 bridgehead atoms. The summed E-state index contributed by atoms with van der Waals surface area (Å²) in [6, 6.07) is 5.21. The van der Waals surface area contributed by atoms with Gasteiger partial charge in [-0.1, -0.05) is 6.42 Å². The minimum Gasteiger partial charge on any atom is -0.385 e. The molecule has 182 valence electrons. The first kappa shape index (κ1) is 24.2. The van der Waals surface area contributed by atoms with Gasteiger partial charge >= 0.3 is 0 Å². The third-order valence-electron chi connectivity index (χ3n) is 7.25. The molecule has 0 radical (unpaired) electrons. The van der Waals surface area contributed by atoms with Crippen LogP contribution in [0.2, 0.25) is 0 Å². The maximum Gasteiger partial charge on any atom is 0.243 e. The van der Waals surface area contributed by atoms with Crippen LogP contribution >= 0.6 is 0 Å². The summed E-state index contributed by atoms with van der Waals surface area (Å²) in [5, 5.41) is 2.92. The number of nitrogens with zero attached hydrogens (tertiary/aromatic N) is 2. The average Bonchev–Trinajstić information content (AvgIpc) is 3.10. The highest BCUT2D eigenvalue weighted by Gasteiger charge is 2.38. The van der Waals surface area contributed by atoms with Crippen molar-refractivity contribution in [1.29, 1.82) is 0 Å². The van der Waals surface area contributed by atoms with Crippen molar-refractivity contribution in [3.05, 3.63) is 23.8 Å². The monoisotopic (exact) mass is 477 g/mol. The van der Waals surface area contributed by atoms with Gasteiger partial charge in [-0.2, -0.15) is 4.31 Å². The molecule has 8 nitrogen and oxygen atoms in total. The van der Waals surface area contributed by atoms with E-state index in [0.717, 1.165) is 36.9 Å². The maximum absolute atomic E-state index is 13.3. The third-order valence-corrected chi connectivity index (χ3v) is 9.14. The smallest absolute Gasteiger partial charge is 0.243 e. The summed E-state index contributed by atoms with van der Waals surface area (Å²) in [7, 11) is -2.01. The number of methoxy groups -OCH3 is 1. The van der Waals surface area contributed by atoms with Crippen molar-refractivity contribution in [3.63, 3.8) is 0 Å². The average molecular weight is 478 g/mol. The SMILES string of the molecule is COCCCNC(=O)C1CCN(S(=O)(=O)c2ccc3c(c2)C[C@@H](C)N3C(=O)C2CCC2)CC1. The predicted molar refractivity (Wildman–Crippen MR) is 125 cm³/mol. The zero-order chi connectivity index (χ0) is 23.6. The zero-order valence-corrected chi connectivity index (χ0v) is 20.4. The fourth-order valence-corrected chi connectivity index (χ4v) is 6.56. The van der Waals surface area contributed by atoms with Crippen LogP contribution in [0.3, 0.4) is 0 Å². The van der Waals surface area contributed by atoms with Gasteiger partial charge < -0.3 is 15.0 Å². The van der Waals surface area contributed by atoms with E-state index in [1.54, 1.807) is 25.3 Å². The molecule has 1 N–H and O–H groups in total. The van der Waals surface area contributed by atoms with E-state index in [2.05, 4.69) is 5.32 Å². The number of amides is 2. The second kappa shape index (κ2) is 10.1. The fraction of sp³-hybridized carbons (Fsp3) is 0.667. The van der Waals surface area contributed by atoms with E-state index >= 15 is 0 Å². The third kappa shape index (κ3) is 4.95. The molecule has 1 atom stereocenters. The topological polar surface area (TPSA) is 96.0 Å². The van der Waals surface area contributed by atoms with Crippen LogP contribution in [0.15, 0.2) is 23.1 Å². The van der Waals surface area contributed by atoms with Crippen molar-refractivity contribution in [3.8, 4) is 0 Å². The summed E-state index contributed by atoms with van der Waals surface area (Å²) in [6.45, 7) is 3.86. The second-order valence-corrected chi connectivity index (χ2v) is 11.4. The molecule has 1 aromatic rings. The number of anilines is 1. The summed E-state index contributed by atoms with van der Waals surface area (Å²) in [6.07, 6.45) is 5.46. The lowest BCUT2D eigenvalue weighted by Crippen LogP contribution is -2.43. The molecule has 2 fully saturated rings. The molecule has 9 heteroatoms. The van der Waals surface area contributed by atoms with Crippen molar-refractivity contribution in [2.75, 3.05) is 38.3 Å². The molecule has 0 aromatic heterocycles. The molecule has 1 aromatic carbocycles. The van der Waals surface area contributed by atoms with E-state index in [4.69, 9.17) is 4.74 Å². The Bertz CT molecular complexity index is 984. The van der Waals surface area contributed by atoms with Crippen LogP contribution in [-0.2, 0) is 30.8 Å². The van der Waals surface area contributed by atoms with Gasteiger partial charge in [0.05, 0.1) is 4.90 Å². The summed E-state index contributed by atoms with van der Waals surface area (Å²) in [5.41, 5.74) is 1.77. The Labute approximate surface area is 196 Å². The van der Waals surface area contributed by atoms with E-state index in [0.29, 0.717) is 45.5 Å². The number of nitrogens with one attached hydrogen (secondary N) is 1. The lowest BCUT2D eigenvalue weighted by atomic mass is 9.84. The molecule has 2 heterocycles. The number of fused-ring (bicyclic) bond motifs is 1. The van der Waals surface area contributed by atoms with Gasteiger partial charge in [0.2, 0.25) is 21.8 Å². The number of ether oxygens (including phenoxy) is 1.